The Balaban J connectivity index is 1.92. The molecule has 0 radical (unpaired) electrons. The number of rotatable bonds is 10. The maximum Gasteiger partial charge on any atom is 0.261 e. The van der Waals surface area contributed by atoms with E-state index < -0.39 is 6.04 Å². The topological polar surface area (TPSA) is 58.6 Å². The molecule has 2 amide bonds. The molecule has 1 N–H and O–H groups in total. The summed E-state index contributed by atoms with van der Waals surface area (Å²) in [5.74, 6) is 0.0472. The number of likely N-dealkylation sites (N-methyl/N-ethyl adjacent to an activating group) is 1. The molecule has 0 saturated heterocycles. The zero-order valence-corrected chi connectivity index (χ0v) is 21.7. The number of carbonyl (C=O) groups excluding carboxylic acids is 2. The molecule has 0 bridgehead atoms. The van der Waals surface area contributed by atoms with Crippen LogP contribution in [0.15, 0.2) is 66.7 Å². The van der Waals surface area contributed by atoms with Crippen LogP contribution in [0, 0.1) is 13.8 Å². The molecule has 1 atom stereocenters. The minimum Gasteiger partial charge on any atom is -0.484 e. The van der Waals surface area contributed by atoms with E-state index in [1.165, 1.54) is 4.90 Å². The monoisotopic (exact) mass is 512 g/mol. The lowest BCUT2D eigenvalue weighted by Crippen LogP contribution is -2.51. The summed E-state index contributed by atoms with van der Waals surface area (Å²) in [5, 5.41) is 3.80. The van der Waals surface area contributed by atoms with Crippen molar-refractivity contribution in [2.45, 2.75) is 39.8 Å². The molecule has 3 aromatic rings. The van der Waals surface area contributed by atoms with Crippen LogP contribution in [-0.2, 0) is 22.6 Å². The number of nitrogens with one attached hydrogen (secondary N) is 1. The number of amides is 2. The van der Waals surface area contributed by atoms with Gasteiger partial charge in [0.25, 0.3) is 5.91 Å². The van der Waals surface area contributed by atoms with E-state index in [1.54, 1.807) is 18.2 Å². The Morgan fingerprint density at radius 1 is 0.971 bits per heavy atom. The van der Waals surface area contributed by atoms with E-state index in [1.807, 2.05) is 69.3 Å². The fraction of sp³-hybridized carbons (Fsp3) is 0.286. The molecule has 0 aromatic heterocycles. The van der Waals surface area contributed by atoms with Crippen LogP contribution in [0.3, 0.4) is 0 Å². The van der Waals surface area contributed by atoms with E-state index >= 15 is 0 Å². The molecule has 0 aliphatic carbocycles. The first-order chi connectivity index (χ1) is 16.8. The SMILES string of the molecule is CCNC(=O)C(Cc1ccccc1)N(Cc1ccc(Cl)cc1Cl)C(=O)COc1ccc(C)c(C)c1. The molecule has 3 rings (SSSR count). The Kier molecular flexibility index (Phi) is 9.58. The number of halogens is 2. The van der Waals surface area contributed by atoms with Crippen molar-refractivity contribution < 1.29 is 14.3 Å². The molecule has 0 aliphatic heterocycles. The van der Waals surface area contributed by atoms with Crippen molar-refractivity contribution in [3.05, 3.63) is 99.0 Å². The molecule has 0 spiro atoms. The van der Waals surface area contributed by atoms with E-state index in [2.05, 4.69) is 5.32 Å². The molecule has 0 fully saturated rings. The van der Waals surface area contributed by atoms with Gasteiger partial charge in [0.1, 0.15) is 11.8 Å². The first kappa shape index (κ1) is 26.6. The Morgan fingerprint density at radius 3 is 2.37 bits per heavy atom. The van der Waals surface area contributed by atoms with Gasteiger partial charge in [-0.25, -0.2) is 0 Å². The van der Waals surface area contributed by atoms with Gasteiger partial charge in [-0.05, 0) is 67.3 Å². The van der Waals surface area contributed by atoms with Crippen molar-refractivity contribution in [3.63, 3.8) is 0 Å². The van der Waals surface area contributed by atoms with Crippen molar-refractivity contribution in [1.29, 1.82) is 0 Å². The maximum absolute atomic E-state index is 13.5. The second-order valence-corrected chi connectivity index (χ2v) is 9.24. The average molecular weight is 513 g/mol. The summed E-state index contributed by atoms with van der Waals surface area (Å²) in [6.07, 6.45) is 0.354. The summed E-state index contributed by atoms with van der Waals surface area (Å²) in [4.78, 5) is 28.3. The zero-order valence-electron chi connectivity index (χ0n) is 20.2. The van der Waals surface area contributed by atoms with Crippen molar-refractivity contribution in [1.82, 2.24) is 10.2 Å². The van der Waals surface area contributed by atoms with Gasteiger partial charge in [-0.2, -0.15) is 0 Å². The Morgan fingerprint density at radius 2 is 1.71 bits per heavy atom. The number of nitrogens with zero attached hydrogens (tertiary/aromatic N) is 1. The van der Waals surface area contributed by atoms with Gasteiger partial charge < -0.3 is 15.0 Å². The quantitative estimate of drug-likeness (QED) is 0.375. The number of benzene rings is 3. The normalized spacial score (nSPS) is 11.6. The molecule has 7 heteroatoms. The van der Waals surface area contributed by atoms with Crippen molar-refractivity contribution in [2.24, 2.45) is 0 Å². The van der Waals surface area contributed by atoms with E-state index in [9.17, 15) is 9.59 Å². The van der Waals surface area contributed by atoms with E-state index in [-0.39, 0.29) is 25.0 Å². The lowest BCUT2D eigenvalue weighted by Gasteiger charge is -2.31. The van der Waals surface area contributed by atoms with Gasteiger partial charge >= 0.3 is 0 Å². The minimum absolute atomic E-state index is 0.139. The van der Waals surface area contributed by atoms with Crippen LogP contribution in [0.25, 0.3) is 0 Å². The van der Waals surface area contributed by atoms with Gasteiger partial charge in [0.2, 0.25) is 5.91 Å². The highest BCUT2D eigenvalue weighted by molar-refractivity contribution is 6.35. The number of hydrogen-bond donors (Lipinski definition) is 1. The van der Waals surface area contributed by atoms with Crippen molar-refractivity contribution in [2.75, 3.05) is 13.2 Å². The van der Waals surface area contributed by atoms with Gasteiger partial charge in [-0.15, -0.1) is 0 Å². The largest absolute Gasteiger partial charge is 0.484 e. The number of aryl methyl sites for hydroxylation is 2. The summed E-state index contributed by atoms with van der Waals surface area (Å²) >= 11 is 12.5. The summed E-state index contributed by atoms with van der Waals surface area (Å²) in [7, 11) is 0. The molecular formula is C28H30Cl2N2O3. The first-order valence-electron chi connectivity index (χ1n) is 11.5. The summed E-state index contributed by atoms with van der Waals surface area (Å²) < 4.78 is 5.83. The number of carbonyl (C=O) groups is 2. The van der Waals surface area contributed by atoms with E-state index in [0.717, 1.165) is 16.7 Å². The van der Waals surface area contributed by atoms with Crippen LogP contribution in [0.4, 0.5) is 0 Å². The van der Waals surface area contributed by atoms with Crippen molar-refractivity contribution in [3.8, 4) is 5.75 Å². The van der Waals surface area contributed by atoms with Gasteiger partial charge in [-0.3, -0.25) is 9.59 Å². The standard InChI is InChI=1S/C28H30Cl2N2O3/c1-4-31-28(34)26(15-21-8-6-5-7-9-21)32(17-22-11-12-23(29)16-25(22)30)27(33)18-35-24-13-10-19(2)20(3)14-24/h5-14,16,26H,4,15,17-18H2,1-3H3,(H,31,34). The Bertz CT molecular complexity index is 1170. The van der Waals surface area contributed by atoms with Crippen molar-refractivity contribution >= 4 is 35.0 Å². The predicted molar refractivity (Wildman–Crippen MR) is 141 cm³/mol. The molecule has 3 aromatic carbocycles. The first-order valence-corrected chi connectivity index (χ1v) is 12.3. The fourth-order valence-electron chi connectivity index (χ4n) is 3.71. The van der Waals surface area contributed by atoms with Crippen LogP contribution in [0.2, 0.25) is 10.0 Å². The lowest BCUT2D eigenvalue weighted by atomic mass is 10.0. The van der Waals surface area contributed by atoms with Gasteiger partial charge in [0, 0.05) is 29.6 Å². The highest BCUT2D eigenvalue weighted by Crippen LogP contribution is 2.24. The molecule has 0 saturated carbocycles. The summed E-state index contributed by atoms with van der Waals surface area (Å²) in [6, 6.07) is 19.7. The molecule has 0 heterocycles. The minimum atomic E-state index is -0.750. The average Bonchev–Trinajstić information content (AvgIpc) is 2.84. The third-order valence-corrected chi connectivity index (χ3v) is 6.41. The number of ether oxygens (including phenoxy) is 1. The predicted octanol–water partition coefficient (Wildman–Crippen LogP) is 5.77. The summed E-state index contributed by atoms with van der Waals surface area (Å²) in [6.45, 7) is 6.24. The second kappa shape index (κ2) is 12.6. The molecule has 0 aliphatic rings. The van der Waals surface area contributed by atoms with Crippen LogP contribution in [-0.4, -0.2) is 35.9 Å². The highest BCUT2D eigenvalue weighted by Gasteiger charge is 2.31. The molecular weight excluding hydrogens is 483 g/mol. The summed E-state index contributed by atoms with van der Waals surface area (Å²) in [5.41, 5.74) is 3.85. The third-order valence-electron chi connectivity index (χ3n) is 5.82. The van der Waals surface area contributed by atoms with Crippen LogP contribution >= 0.6 is 23.2 Å². The lowest BCUT2D eigenvalue weighted by molar-refractivity contribution is -0.142. The van der Waals surface area contributed by atoms with Crippen LogP contribution in [0.5, 0.6) is 5.75 Å². The molecule has 35 heavy (non-hydrogen) atoms. The fourth-order valence-corrected chi connectivity index (χ4v) is 4.18. The molecule has 1 unspecified atom stereocenters. The van der Waals surface area contributed by atoms with Gasteiger partial charge in [0.05, 0.1) is 0 Å². The zero-order chi connectivity index (χ0) is 25.4. The van der Waals surface area contributed by atoms with Gasteiger partial charge in [0.15, 0.2) is 6.61 Å². The van der Waals surface area contributed by atoms with Crippen LogP contribution in [0.1, 0.15) is 29.2 Å². The maximum atomic E-state index is 13.5. The van der Waals surface area contributed by atoms with E-state index in [0.29, 0.717) is 34.3 Å². The Hall–Kier alpha value is -3.02. The second-order valence-electron chi connectivity index (χ2n) is 8.39. The highest BCUT2D eigenvalue weighted by atomic mass is 35.5. The number of hydrogen-bond acceptors (Lipinski definition) is 3. The Labute approximate surface area is 217 Å². The van der Waals surface area contributed by atoms with E-state index in [4.69, 9.17) is 27.9 Å². The molecule has 184 valence electrons. The smallest absolute Gasteiger partial charge is 0.261 e. The third kappa shape index (κ3) is 7.48. The molecule has 5 nitrogen and oxygen atoms in total. The van der Waals surface area contributed by atoms with Crippen LogP contribution < -0.4 is 10.1 Å². The van der Waals surface area contributed by atoms with Gasteiger partial charge in [-0.1, -0.05) is 65.7 Å².